The topological polar surface area (TPSA) is 163 Å². The predicted molar refractivity (Wildman–Crippen MR) is 127 cm³/mol. The number of hydrogen-bond donors (Lipinski definition) is 3. The van der Waals surface area contributed by atoms with Crippen LogP contribution < -0.4 is 10.1 Å². The largest absolute Gasteiger partial charge is 0.438 e. The van der Waals surface area contributed by atoms with Crippen molar-refractivity contribution in [2.24, 2.45) is 0 Å². The van der Waals surface area contributed by atoms with Crippen molar-refractivity contribution in [1.82, 2.24) is 20.1 Å². The van der Waals surface area contributed by atoms with E-state index in [-0.39, 0.29) is 24.1 Å². The standard InChI is InChI=1S/C22H26FN5O6S/c1-12(2)18-16(10-9-15(29)11-17(30)20-26-22(31)34-27-20)19(13-5-7-14(23)8-6-13)25-21(24-18)28(3)35(4,32)33/h5-10,12,15,17,29-30H,11H2,1-4H3,(H,26,27,31)/b10-9+/t15-,17-/m1/s1. The number of aliphatic hydroxyl groups excluding tert-OH is 2. The Morgan fingerprint density at radius 1 is 1.20 bits per heavy atom. The molecule has 2 aromatic heterocycles. The van der Waals surface area contributed by atoms with E-state index in [4.69, 9.17) is 0 Å². The molecule has 3 rings (SSSR count). The molecule has 3 aromatic rings. The monoisotopic (exact) mass is 507 g/mol. The van der Waals surface area contributed by atoms with Gasteiger partial charge in [0, 0.05) is 24.6 Å². The van der Waals surface area contributed by atoms with Gasteiger partial charge in [0.2, 0.25) is 16.0 Å². The summed E-state index contributed by atoms with van der Waals surface area (Å²) in [7, 11) is -2.33. The van der Waals surface area contributed by atoms with Crippen LogP contribution in [0.4, 0.5) is 10.3 Å². The number of sulfonamides is 1. The van der Waals surface area contributed by atoms with Gasteiger partial charge in [-0.25, -0.2) is 31.9 Å². The molecule has 1 aromatic carbocycles. The number of anilines is 1. The van der Waals surface area contributed by atoms with Crippen LogP contribution in [-0.2, 0) is 10.0 Å². The van der Waals surface area contributed by atoms with E-state index >= 15 is 0 Å². The van der Waals surface area contributed by atoms with E-state index in [0.717, 1.165) is 10.6 Å². The Hall–Kier alpha value is -3.42. The number of halogens is 1. The number of aromatic nitrogens is 4. The predicted octanol–water partition coefficient (Wildman–Crippen LogP) is 1.98. The minimum atomic E-state index is -3.66. The van der Waals surface area contributed by atoms with Crippen LogP contribution in [0.25, 0.3) is 17.3 Å². The van der Waals surface area contributed by atoms with Crippen molar-refractivity contribution in [2.45, 2.75) is 38.4 Å². The second-order valence-electron chi connectivity index (χ2n) is 8.22. The highest BCUT2D eigenvalue weighted by Gasteiger charge is 2.23. The molecule has 3 N–H and O–H groups in total. The summed E-state index contributed by atoms with van der Waals surface area (Å²) in [5, 5.41) is 24.0. The van der Waals surface area contributed by atoms with Crippen LogP contribution in [0.1, 0.15) is 49.4 Å². The molecule has 0 saturated carbocycles. The molecule has 0 aliphatic carbocycles. The van der Waals surface area contributed by atoms with Gasteiger partial charge >= 0.3 is 5.76 Å². The maximum absolute atomic E-state index is 13.6. The summed E-state index contributed by atoms with van der Waals surface area (Å²) in [5.74, 6) is -1.63. The molecule has 188 valence electrons. The second-order valence-corrected chi connectivity index (χ2v) is 10.2. The molecule has 35 heavy (non-hydrogen) atoms. The van der Waals surface area contributed by atoms with Crippen LogP contribution in [-0.4, -0.2) is 58.1 Å². The zero-order valence-corrected chi connectivity index (χ0v) is 20.3. The van der Waals surface area contributed by atoms with Crippen molar-refractivity contribution >= 4 is 22.0 Å². The smallest absolute Gasteiger partial charge is 0.389 e. The molecule has 0 saturated heterocycles. The van der Waals surface area contributed by atoms with Crippen LogP contribution in [0, 0.1) is 5.82 Å². The minimum Gasteiger partial charge on any atom is -0.389 e. The molecule has 0 aliphatic rings. The lowest BCUT2D eigenvalue weighted by Crippen LogP contribution is -2.27. The fraction of sp³-hybridized carbons (Fsp3) is 0.364. The van der Waals surface area contributed by atoms with E-state index in [9.17, 15) is 27.8 Å². The highest BCUT2D eigenvalue weighted by atomic mass is 32.2. The first-order chi connectivity index (χ1) is 16.4. The molecule has 2 heterocycles. The highest BCUT2D eigenvalue weighted by molar-refractivity contribution is 7.92. The summed E-state index contributed by atoms with van der Waals surface area (Å²) in [5.41, 5.74) is 1.82. The first kappa shape index (κ1) is 26.2. The minimum absolute atomic E-state index is 0.0568. The molecule has 0 amide bonds. The Kier molecular flexibility index (Phi) is 7.83. The zero-order chi connectivity index (χ0) is 25.9. The summed E-state index contributed by atoms with van der Waals surface area (Å²) in [6, 6.07) is 5.52. The third-order valence-corrected chi connectivity index (χ3v) is 6.29. The third-order valence-electron chi connectivity index (χ3n) is 5.13. The van der Waals surface area contributed by atoms with Gasteiger partial charge in [-0.3, -0.25) is 9.51 Å². The fourth-order valence-corrected chi connectivity index (χ4v) is 3.59. The second kappa shape index (κ2) is 10.5. The number of aromatic amines is 1. The van der Waals surface area contributed by atoms with Gasteiger partial charge in [0.25, 0.3) is 0 Å². The summed E-state index contributed by atoms with van der Waals surface area (Å²) < 4.78 is 43.1. The average Bonchev–Trinajstić information content (AvgIpc) is 3.23. The first-order valence-corrected chi connectivity index (χ1v) is 12.4. The number of H-pyrrole nitrogens is 1. The van der Waals surface area contributed by atoms with Gasteiger partial charge in [0.1, 0.15) is 11.9 Å². The zero-order valence-electron chi connectivity index (χ0n) is 19.5. The molecule has 11 nitrogen and oxygen atoms in total. The summed E-state index contributed by atoms with van der Waals surface area (Å²) >= 11 is 0. The quantitative estimate of drug-likeness (QED) is 0.393. The van der Waals surface area contributed by atoms with Crippen LogP contribution in [0.2, 0.25) is 0 Å². The fourth-order valence-electron chi connectivity index (χ4n) is 3.21. The van der Waals surface area contributed by atoms with E-state index in [2.05, 4.69) is 24.6 Å². The third kappa shape index (κ3) is 6.38. The maximum atomic E-state index is 13.6. The lowest BCUT2D eigenvalue weighted by molar-refractivity contribution is 0.0966. The SMILES string of the molecule is CC(C)c1nc(N(C)S(C)(=O)=O)nc(-c2ccc(F)cc2)c1/C=C/[C@@H](O)C[C@@H](O)c1noc(=O)[nH]1. The number of nitrogens with one attached hydrogen (secondary N) is 1. The summed E-state index contributed by atoms with van der Waals surface area (Å²) in [6.07, 6.45) is 1.34. The Morgan fingerprint density at radius 3 is 2.40 bits per heavy atom. The Labute approximate surface area is 201 Å². The van der Waals surface area contributed by atoms with Crippen LogP contribution in [0.5, 0.6) is 0 Å². The van der Waals surface area contributed by atoms with E-state index in [0.29, 0.717) is 22.5 Å². The highest BCUT2D eigenvalue weighted by Crippen LogP contribution is 2.32. The van der Waals surface area contributed by atoms with Gasteiger partial charge in [0.15, 0.2) is 5.82 Å². The van der Waals surface area contributed by atoms with Crippen LogP contribution in [0.15, 0.2) is 39.7 Å². The molecule has 0 radical (unpaired) electrons. The molecular formula is C22H26FN5O6S. The molecular weight excluding hydrogens is 481 g/mol. The Balaban J connectivity index is 2.07. The molecule has 0 spiro atoms. The van der Waals surface area contributed by atoms with Crippen molar-refractivity contribution in [3.8, 4) is 11.3 Å². The number of nitrogens with zero attached hydrogens (tertiary/aromatic N) is 4. The van der Waals surface area contributed by atoms with Gasteiger partial charge in [-0.05, 0) is 30.2 Å². The van der Waals surface area contributed by atoms with E-state index in [1.165, 1.54) is 37.4 Å². The number of rotatable bonds is 9. The van der Waals surface area contributed by atoms with E-state index in [1.807, 2.05) is 13.8 Å². The van der Waals surface area contributed by atoms with Crippen molar-refractivity contribution in [1.29, 1.82) is 0 Å². The first-order valence-electron chi connectivity index (χ1n) is 10.6. The van der Waals surface area contributed by atoms with Crippen molar-refractivity contribution in [3.05, 3.63) is 63.8 Å². The van der Waals surface area contributed by atoms with E-state index in [1.54, 1.807) is 6.08 Å². The van der Waals surface area contributed by atoms with Gasteiger partial charge in [0.05, 0.1) is 23.7 Å². The molecule has 0 fully saturated rings. The Morgan fingerprint density at radius 2 is 1.86 bits per heavy atom. The molecule has 0 bridgehead atoms. The Bertz CT molecular complexity index is 1370. The van der Waals surface area contributed by atoms with Crippen LogP contribution >= 0.6 is 0 Å². The lowest BCUT2D eigenvalue weighted by Gasteiger charge is -2.20. The molecule has 0 aliphatic heterocycles. The summed E-state index contributed by atoms with van der Waals surface area (Å²) in [4.78, 5) is 22.2. The normalized spacial score (nSPS) is 13.9. The molecule has 0 unspecified atom stereocenters. The summed E-state index contributed by atoms with van der Waals surface area (Å²) in [6.45, 7) is 3.72. The van der Waals surface area contributed by atoms with Gasteiger partial charge < -0.3 is 10.2 Å². The maximum Gasteiger partial charge on any atom is 0.438 e. The van der Waals surface area contributed by atoms with Gasteiger partial charge in [-0.1, -0.05) is 31.2 Å². The van der Waals surface area contributed by atoms with Gasteiger partial charge in [-0.2, -0.15) is 0 Å². The van der Waals surface area contributed by atoms with E-state index < -0.39 is 33.8 Å². The van der Waals surface area contributed by atoms with Crippen molar-refractivity contribution in [3.63, 3.8) is 0 Å². The van der Waals surface area contributed by atoms with Crippen LogP contribution in [0.3, 0.4) is 0 Å². The van der Waals surface area contributed by atoms with Crippen molar-refractivity contribution < 1.29 is 27.5 Å². The van der Waals surface area contributed by atoms with Gasteiger partial charge in [-0.15, -0.1) is 0 Å². The number of aliphatic hydroxyl groups is 2. The average molecular weight is 508 g/mol. The van der Waals surface area contributed by atoms with Crippen molar-refractivity contribution in [2.75, 3.05) is 17.6 Å². The number of benzene rings is 1. The lowest BCUT2D eigenvalue weighted by atomic mass is 9.97. The molecule has 13 heteroatoms. The number of hydrogen-bond acceptors (Lipinski definition) is 9. The molecule has 2 atom stereocenters.